The number of urea groups is 1. The summed E-state index contributed by atoms with van der Waals surface area (Å²) >= 11 is 3.31. The minimum Gasteiger partial charge on any atom is -0.349 e. The van der Waals surface area contributed by atoms with E-state index in [0.29, 0.717) is 5.69 Å². The number of carbonyl (C=O) groups excluding carboxylic acids is 3. The number of halogens is 1. The van der Waals surface area contributed by atoms with E-state index >= 15 is 0 Å². The quantitative estimate of drug-likeness (QED) is 0.611. The van der Waals surface area contributed by atoms with Crippen molar-refractivity contribution in [2.45, 2.75) is 26.8 Å². The Hall–Kier alpha value is -2.67. The van der Waals surface area contributed by atoms with Gasteiger partial charge in [0.1, 0.15) is 5.57 Å². The number of anilines is 1. The molecule has 0 atom stereocenters. The van der Waals surface area contributed by atoms with Crippen LogP contribution in [0.2, 0.25) is 0 Å². The van der Waals surface area contributed by atoms with E-state index in [-0.39, 0.29) is 11.6 Å². The number of imide groups is 2. The van der Waals surface area contributed by atoms with Gasteiger partial charge in [0, 0.05) is 22.4 Å². The molecule has 134 valence electrons. The molecule has 0 aliphatic carbocycles. The number of aromatic nitrogens is 1. The first-order valence-corrected chi connectivity index (χ1v) is 8.92. The Morgan fingerprint density at radius 3 is 2.35 bits per heavy atom. The lowest BCUT2D eigenvalue weighted by atomic mass is 10.1. The van der Waals surface area contributed by atoms with Gasteiger partial charge in [-0.3, -0.25) is 14.9 Å². The van der Waals surface area contributed by atoms with Crippen molar-refractivity contribution in [1.82, 2.24) is 9.88 Å². The number of nitrogens with one attached hydrogen (secondary N) is 1. The predicted molar refractivity (Wildman–Crippen MR) is 103 cm³/mol. The Morgan fingerprint density at radius 2 is 1.77 bits per heavy atom. The van der Waals surface area contributed by atoms with Gasteiger partial charge in [0.25, 0.3) is 11.8 Å². The third-order valence-electron chi connectivity index (χ3n) is 4.12. The van der Waals surface area contributed by atoms with Crippen LogP contribution in [-0.2, 0) is 9.59 Å². The second-order valence-corrected chi connectivity index (χ2v) is 7.27. The van der Waals surface area contributed by atoms with E-state index in [1.165, 1.54) is 6.08 Å². The van der Waals surface area contributed by atoms with Gasteiger partial charge in [-0.2, -0.15) is 0 Å². The fourth-order valence-electron chi connectivity index (χ4n) is 2.90. The van der Waals surface area contributed by atoms with Gasteiger partial charge >= 0.3 is 6.03 Å². The summed E-state index contributed by atoms with van der Waals surface area (Å²) in [5, 5.41) is 2.23. The van der Waals surface area contributed by atoms with Gasteiger partial charge in [-0.1, -0.05) is 15.9 Å². The number of amides is 4. The smallest absolute Gasteiger partial charge is 0.335 e. The highest BCUT2D eigenvalue weighted by molar-refractivity contribution is 9.10. The van der Waals surface area contributed by atoms with Gasteiger partial charge < -0.3 is 4.57 Å². The van der Waals surface area contributed by atoms with Gasteiger partial charge in [0.05, 0.1) is 5.69 Å². The molecule has 0 spiro atoms. The number of barbiturate groups is 1. The molecule has 1 aromatic heterocycles. The molecule has 0 unspecified atom stereocenters. The Labute approximate surface area is 159 Å². The van der Waals surface area contributed by atoms with E-state index in [4.69, 9.17) is 0 Å². The monoisotopic (exact) mass is 415 g/mol. The van der Waals surface area contributed by atoms with Crippen LogP contribution < -0.4 is 10.2 Å². The summed E-state index contributed by atoms with van der Waals surface area (Å²) in [7, 11) is 0. The van der Waals surface area contributed by atoms with E-state index in [1.54, 1.807) is 24.3 Å². The second-order valence-electron chi connectivity index (χ2n) is 6.35. The van der Waals surface area contributed by atoms with Gasteiger partial charge in [-0.05, 0) is 62.7 Å². The number of hydrogen-bond acceptors (Lipinski definition) is 3. The molecule has 0 saturated carbocycles. The SMILES string of the molecule is Cc1cc(/C=C2/C(=O)NC(=O)N(c3ccc(Br)cc3)C2=O)cn1C(C)C. The number of carbonyl (C=O) groups is 3. The molecular weight excluding hydrogens is 398 g/mol. The summed E-state index contributed by atoms with van der Waals surface area (Å²) < 4.78 is 2.87. The summed E-state index contributed by atoms with van der Waals surface area (Å²) in [5.74, 6) is -1.33. The van der Waals surface area contributed by atoms with Crippen LogP contribution in [0.15, 0.2) is 46.6 Å². The molecule has 0 bridgehead atoms. The highest BCUT2D eigenvalue weighted by Gasteiger charge is 2.36. The molecule has 1 N–H and O–H groups in total. The first-order valence-electron chi connectivity index (χ1n) is 8.13. The van der Waals surface area contributed by atoms with Crippen molar-refractivity contribution in [3.63, 3.8) is 0 Å². The predicted octanol–water partition coefficient (Wildman–Crippen LogP) is 3.81. The summed E-state index contributed by atoms with van der Waals surface area (Å²) in [6, 6.07) is 8.12. The second kappa shape index (κ2) is 6.92. The first kappa shape index (κ1) is 18.1. The molecule has 1 fully saturated rings. The standard InChI is InChI=1S/C19H18BrN3O3/c1-11(2)22-10-13(8-12(22)3)9-16-17(24)21-19(26)23(18(16)25)15-6-4-14(20)5-7-15/h4-11H,1-3H3,(H,21,24,26)/b16-9-. The zero-order valence-electron chi connectivity index (χ0n) is 14.6. The van der Waals surface area contributed by atoms with Gasteiger partial charge in [-0.15, -0.1) is 0 Å². The zero-order valence-corrected chi connectivity index (χ0v) is 16.2. The van der Waals surface area contributed by atoms with Crippen molar-refractivity contribution in [1.29, 1.82) is 0 Å². The molecule has 2 heterocycles. The molecule has 1 aromatic carbocycles. The molecule has 1 aliphatic rings. The van der Waals surface area contributed by atoms with Crippen molar-refractivity contribution in [3.05, 3.63) is 57.8 Å². The van der Waals surface area contributed by atoms with E-state index in [0.717, 1.165) is 20.6 Å². The van der Waals surface area contributed by atoms with Crippen LogP contribution in [0, 0.1) is 6.92 Å². The lowest BCUT2D eigenvalue weighted by Gasteiger charge is -2.26. The number of aryl methyl sites for hydroxylation is 1. The normalized spacial score (nSPS) is 16.6. The van der Waals surface area contributed by atoms with Crippen LogP contribution in [0.1, 0.15) is 31.1 Å². The van der Waals surface area contributed by atoms with Crippen LogP contribution in [-0.4, -0.2) is 22.4 Å². The van der Waals surface area contributed by atoms with Crippen molar-refractivity contribution in [2.24, 2.45) is 0 Å². The van der Waals surface area contributed by atoms with E-state index in [1.807, 2.05) is 19.2 Å². The molecule has 26 heavy (non-hydrogen) atoms. The van der Waals surface area contributed by atoms with Crippen molar-refractivity contribution >= 4 is 45.5 Å². The maximum atomic E-state index is 12.8. The minimum atomic E-state index is -0.754. The van der Waals surface area contributed by atoms with Crippen molar-refractivity contribution in [3.8, 4) is 0 Å². The molecular formula is C19H18BrN3O3. The summed E-state index contributed by atoms with van der Waals surface area (Å²) in [6.07, 6.45) is 3.40. The van der Waals surface area contributed by atoms with Gasteiger partial charge in [0.2, 0.25) is 0 Å². The van der Waals surface area contributed by atoms with Crippen LogP contribution in [0.4, 0.5) is 10.5 Å². The topological polar surface area (TPSA) is 71.4 Å². The Kier molecular flexibility index (Phi) is 4.82. The van der Waals surface area contributed by atoms with Crippen molar-refractivity contribution < 1.29 is 14.4 Å². The summed E-state index contributed by atoms with van der Waals surface area (Å²) in [4.78, 5) is 38.2. The fourth-order valence-corrected chi connectivity index (χ4v) is 3.16. The van der Waals surface area contributed by atoms with Gasteiger partial charge in [-0.25, -0.2) is 9.69 Å². The molecule has 3 rings (SSSR count). The summed E-state index contributed by atoms with van der Waals surface area (Å²) in [5.41, 5.74) is 2.08. The van der Waals surface area contributed by atoms with Gasteiger partial charge in [0.15, 0.2) is 0 Å². The first-order chi connectivity index (χ1) is 12.3. The van der Waals surface area contributed by atoms with E-state index < -0.39 is 17.8 Å². The molecule has 6 nitrogen and oxygen atoms in total. The average molecular weight is 416 g/mol. The van der Waals surface area contributed by atoms with Crippen molar-refractivity contribution in [2.75, 3.05) is 4.90 Å². The summed E-state index contributed by atoms with van der Waals surface area (Å²) in [6.45, 7) is 6.06. The average Bonchev–Trinajstić information content (AvgIpc) is 2.94. The van der Waals surface area contributed by atoms with Crippen LogP contribution in [0.3, 0.4) is 0 Å². The highest BCUT2D eigenvalue weighted by Crippen LogP contribution is 2.24. The zero-order chi connectivity index (χ0) is 19.0. The highest BCUT2D eigenvalue weighted by atomic mass is 79.9. The number of nitrogens with zero attached hydrogens (tertiary/aromatic N) is 2. The maximum Gasteiger partial charge on any atom is 0.335 e. The van der Waals surface area contributed by atoms with E-state index in [9.17, 15) is 14.4 Å². The number of benzene rings is 1. The molecule has 4 amide bonds. The van der Waals surface area contributed by atoms with Crippen LogP contribution in [0.25, 0.3) is 6.08 Å². The maximum absolute atomic E-state index is 12.8. The molecule has 0 radical (unpaired) electrons. The lowest BCUT2D eigenvalue weighted by molar-refractivity contribution is -0.122. The fraction of sp³-hybridized carbons (Fsp3) is 0.211. The van der Waals surface area contributed by atoms with E-state index in [2.05, 4.69) is 39.7 Å². The van der Waals surface area contributed by atoms with Crippen LogP contribution >= 0.6 is 15.9 Å². The Bertz CT molecular complexity index is 926. The lowest BCUT2D eigenvalue weighted by Crippen LogP contribution is -2.54. The molecule has 1 saturated heterocycles. The largest absolute Gasteiger partial charge is 0.349 e. The molecule has 2 aromatic rings. The third kappa shape index (κ3) is 3.35. The number of rotatable bonds is 3. The van der Waals surface area contributed by atoms with Crippen LogP contribution in [0.5, 0.6) is 0 Å². The minimum absolute atomic E-state index is 0.0755. The Balaban J connectivity index is 2.00. The molecule has 1 aliphatic heterocycles. The third-order valence-corrected chi connectivity index (χ3v) is 4.65. The molecule has 7 heteroatoms. The number of hydrogen-bond donors (Lipinski definition) is 1. The Morgan fingerprint density at radius 1 is 1.12 bits per heavy atom.